The van der Waals surface area contributed by atoms with Crippen molar-refractivity contribution in [1.82, 2.24) is 19.7 Å². The van der Waals surface area contributed by atoms with E-state index in [1.54, 1.807) is 23.0 Å². The van der Waals surface area contributed by atoms with E-state index in [9.17, 15) is 30.8 Å². The fraction of sp³-hybridized carbons (Fsp3) is 0.0952. The molecular weight excluding hydrogens is 464 g/mol. The molecule has 1 N–H and O–H groups in total. The number of alkyl halides is 3. The first-order valence-corrected chi connectivity index (χ1v) is 10.8. The van der Waals surface area contributed by atoms with Gasteiger partial charge in [0.2, 0.25) is 15.6 Å². The highest BCUT2D eigenvalue weighted by Gasteiger charge is 2.34. The van der Waals surface area contributed by atoms with Crippen LogP contribution in [0.15, 0.2) is 77.0 Å². The van der Waals surface area contributed by atoms with Crippen LogP contribution < -0.4 is 5.32 Å². The number of carbonyl (C=O) groups excluding carboxylic acids is 1. The molecule has 33 heavy (non-hydrogen) atoms. The van der Waals surface area contributed by atoms with Gasteiger partial charge in [-0.2, -0.15) is 13.2 Å². The van der Waals surface area contributed by atoms with Gasteiger partial charge in [0.15, 0.2) is 0 Å². The zero-order chi connectivity index (χ0) is 23.8. The topological polar surface area (TPSA) is 93.4 Å². The van der Waals surface area contributed by atoms with Crippen LogP contribution in [0.25, 0.3) is 5.78 Å². The molecule has 170 valence electrons. The van der Waals surface area contributed by atoms with E-state index in [1.165, 1.54) is 30.5 Å². The molecule has 0 fully saturated rings. The Morgan fingerprint density at radius 3 is 2.39 bits per heavy atom. The molecule has 0 saturated carbocycles. The predicted molar refractivity (Wildman–Crippen MR) is 107 cm³/mol. The average Bonchev–Trinajstić information content (AvgIpc) is 3.24. The van der Waals surface area contributed by atoms with Gasteiger partial charge in [0, 0.05) is 31.3 Å². The first-order chi connectivity index (χ1) is 15.6. The van der Waals surface area contributed by atoms with Gasteiger partial charge in [0.1, 0.15) is 5.82 Å². The summed E-state index contributed by atoms with van der Waals surface area (Å²) in [5, 5.41) is 2.67. The average molecular weight is 478 g/mol. The van der Waals surface area contributed by atoms with Gasteiger partial charge in [-0.3, -0.25) is 9.20 Å². The first-order valence-electron chi connectivity index (χ1n) is 9.33. The van der Waals surface area contributed by atoms with E-state index in [0.717, 1.165) is 0 Å². The van der Waals surface area contributed by atoms with Crippen molar-refractivity contribution >= 4 is 21.5 Å². The van der Waals surface area contributed by atoms with Crippen LogP contribution in [-0.2, 0) is 22.6 Å². The number of fused-ring (bicyclic) bond motifs is 1. The summed E-state index contributed by atoms with van der Waals surface area (Å²) in [5.41, 5.74) is -0.684. The van der Waals surface area contributed by atoms with Gasteiger partial charge in [-0.05, 0) is 35.9 Å². The number of nitrogens with zero attached hydrogens (tertiary/aromatic N) is 3. The van der Waals surface area contributed by atoms with Gasteiger partial charge in [-0.25, -0.2) is 22.8 Å². The van der Waals surface area contributed by atoms with Gasteiger partial charge < -0.3 is 5.32 Å². The SMILES string of the molecule is O=C(NCc1ccc(S(=O)(=O)c2ccc(C(F)(F)F)c(F)c2)cc1)c1cnc2nccn2c1. The van der Waals surface area contributed by atoms with E-state index >= 15 is 0 Å². The zero-order valence-corrected chi connectivity index (χ0v) is 17.4. The molecule has 0 aliphatic rings. The number of benzene rings is 2. The number of carbonyl (C=O) groups is 1. The molecule has 2 aromatic carbocycles. The molecule has 0 bridgehead atoms. The van der Waals surface area contributed by atoms with Crippen LogP contribution in [0.4, 0.5) is 17.6 Å². The second-order valence-electron chi connectivity index (χ2n) is 6.95. The van der Waals surface area contributed by atoms with E-state index < -0.39 is 38.2 Å². The van der Waals surface area contributed by atoms with E-state index in [4.69, 9.17) is 0 Å². The van der Waals surface area contributed by atoms with E-state index in [-0.39, 0.29) is 11.4 Å². The third-order valence-corrected chi connectivity index (χ3v) is 6.52. The highest BCUT2D eigenvalue weighted by atomic mass is 32.2. The summed E-state index contributed by atoms with van der Waals surface area (Å²) >= 11 is 0. The minimum absolute atomic E-state index is 0.0794. The molecule has 7 nitrogen and oxygen atoms in total. The monoisotopic (exact) mass is 478 g/mol. The molecule has 0 spiro atoms. The maximum Gasteiger partial charge on any atom is 0.419 e. The molecule has 4 aromatic rings. The van der Waals surface area contributed by atoms with Crippen LogP contribution >= 0.6 is 0 Å². The molecule has 4 rings (SSSR count). The number of aromatic nitrogens is 3. The first kappa shape index (κ1) is 22.4. The van der Waals surface area contributed by atoms with Crippen molar-refractivity contribution < 1.29 is 30.8 Å². The van der Waals surface area contributed by atoms with Crippen molar-refractivity contribution in [2.45, 2.75) is 22.5 Å². The summed E-state index contributed by atoms with van der Waals surface area (Å²) in [6.07, 6.45) is 1.18. The summed E-state index contributed by atoms with van der Waals surface area (Å²) in [7, 11) is -4.24. The molecule has 0 atom stereocenters. The zero-order valence-electron chi connectivity index (χ0n) is 16.5. The summed E-state index contributed by atoms with van der Waals surface area (Å²) in [4.78, 5) is 19.5. The smallest absolute Gasteiger partial charge is 0.348 e. The van der Waals surface area contributed by atoms with Crippen molar-refractivity contribution in [2.24, 2.45) is 0 Å². The molecule has 1 amide bonds. The number of hydrogen-bond acceptors (Lipinski definition) is 5. The fourth-order valence-corrected chi connectivity index (χ4v) is 4.31. The second-order valence-corrected chi connectivity index (χ2v) is 8.90. The quantitative estimate of drug-likeness (QED) is 0.442. The Morgan fingerprint density at radius 1 is 1.03 bits per heavy atom. The predicted octanol–water partition coefficient (Wildman–Crippen LogP) is 3.65. The van der Waals surface area contributed by atoms with Crippen LogP contribution in [0, 0.1) is 5.82 Å². The second kappa shape index (κ2) is 8.28. The number of imidazole rings is 1. The fourth-order valence-electron chi connectivity index (χ4n) is 3.03. The third kappa shape index (κ3) is 4.55. The molecule has 2 aromatic heterocycles. The Morgan fingerprint density at radius 2 is 1.73 bits per heavy atom. The Bertz CT molecular complexity index is 1450. The molecule has 0 aliphatic heterocycles. The Labute approximate surface area is 184 Å². The Hall–Kier alpha value is -3.80. The number of sulfone groups is 1. The molecular formula is C21H14F4N4O3S. The van der Waals surface area contributed by atoms with Crippen LogP contribution in [0.2, 0.25) is 0 Å². The van der Waals surface area contributed by atoms with Crippen molar-refractivity contribution in [2.75, 3.05) is 0 Å². The van der Waals surface area contributed by atoms with Crippen LogP contribution in [0.3, 0.4) is 0 Å². The van der Waals surface area contributed by atoms with Crippen LogP contribution in [-0.4, -0.2) is 28.7 Å². The molecule has 0 saturated heterocycles. The number of nitrogens with one attached hydrogen (secondary N) is 1. The van der Waals surface area contributed by atoms with Gasteiger partial charge in [0.05, 0.1) is 20.9 Å². The summed E-state index contributed by atoms with van der Waals surface area (Å²) in [6, 6.07) is 6.77. The van der Waals surface area contributed by atoms with E-state index in [2.05, 4.69) is 15.3 Å². The lowest BCUT2D eigenvalue weighted by atomic mass is 10.2. The van der Waals surface area contributed by atoms with Gasteiger partial charge in [0.25, 0.3) is 5.91 Å². The minimum atomic E-state index is -4.93. The maximum atomic E-state index is 13.8. The molecule has 12 heteroatoms. The lowest BCUT2D eigenvalue weighted by Crippen LogP contribution is -2.23. The minimum Gasteiger partial charge on any atom is -0.348 e. The third-order valence-electron chi connectivity index (χ3n) is 4.75. The number of rotatable bonds is 5. The van der Waals surface area contributed by atoms with Gasteiger partial charge in [-0.15, -0.1) is 0 Å². The lowest BCUT2D eigenvalue weighted by molar-refractivity contribution is -0.140. The van der Waals surface area contributed by atoms with E-state index in [1.807, 2.05) is 0 Å². The Kier molecular flexibility index (Phi) is 5.62. The molecule has 0 radical (unpaired) electrons. The van der Waals surface area contributed by atoms with Crippen LogP contribution in [0.1, 0.15) is 21.5 Å². The highest BCUT2D eigenvalue weighted by Crippen LogP contribution is 2.33. The highest BCUT2D eigenvalue weighted by molar-refractivity contribution is 7.91. The van der Waals surface area contributed by atoms with Crippen molar-refractivity contribution in [1.29, 1.82) is 0 Å². The van der Waals surface area contributed by atoms with Crippen molar-refractivity contribution in [3.05, 3.63) is 89.8 Å². The lowest BCUT2D eigenvalue weighted by Gasteiger charge is -2.11. The molecule has 2 heterocycles. The Balaban J connectivity index is 1.47. The molecule has 0 aliphatic carbocycles. The number of halogens is 4. The summed E-state index contributed by atoms with van der Waals surface area (Å²) in [6.45, 7) is 0.0794. The summed E-state index contributed by atoms with van der Waals surface area (Å²) in [5.74, 6) is -1.64. The van der Waals surface area contributed by atoms with Gasteiger partial charge in [-0.1, -0.05) is 12.1 Å². The molecule has 0 unspecified atom stereocenters. The van der Waals surface area contributed by atoms with Crippen molar-refractivity contribution in [3.63, 3.8) is 0 Å². The van der Waals surface area contributed by atoms with Gasteiger partial charge >= 0.3 is 6.18 Å². The largest absolute Gasteiger partial charge is 0.419 e. The normalized spacial score (nSPS) is 12.1. The standard InChI is InChI=1S/C21H14F4N4O3S/c22-18-9-16(5-6-17(18)21(23,24)25)33(31,32)15-3-1-13(2-4-15)10-27-19(30)14-11-28-20-26-7-8-29(20)12-14/h1-9,11-12H,10H2,(H,27,30). The number of amides is 1. The summed E-state index contributed by atoms with van der Waals surface area (Å²) < 4.78 is 78.8. The van der Waals surface area contributed by atoms with Crippen molar-refractivity contribution in [3.8, 4) is 0 Å². The van der Waals surface area contributed by atoms with Crippen LogP contribution in [0.5, 0.6) is 0 Å². The maximum absolute atomic E-state index is 13.8. The van der Waals surface area contributed by atoms with E-state index in [0.29, 0.717) is 35.1 Å². The number of hydrogen-bond donors (Lipinski definition) is 1.